The van der Waals surface area contributed by atoms with Crippen LogP contribution in [0.25, 0.3) is 0 Å². The third-order valence-corrected chi connectivity index (χ3v) is 3.90. The minimum Gasteiger partial charge on any atom is -0.492 e. The predicted octanol–water partition coefficient (Wildman–Crippen LogP) is 3.19. The van der Waals surface area contributed by atoms with Gasteiger partial charge in [0.05, 0.1) is 6.61 Å². The molecule has 0 bridgehead atoms. The predicted molar refractivity (Wildman–Crippen MR) is 66.6 cm³/mol. The number of benzene rings is 1. The highest BCUT2D eigenvalue weighted by atomic mass is 16.5. The number of nitrogens with one attached hydrogen (secondary N) is 1. The lowest BCUT2D eigenvalue weighted by Crippen LogP contribution is -2.19. The largest absolute Gasteiger partial charge is 0.492 e. The van der Waals surface area contributed by atoms with Crippen LogP contribution in [0, 0.1) is 6.92 Å². The van der Waals surface area contributed by atoms with Crippen LogP contribution in [-0.2, 0) is 5.41 Å². The lowest BCUT2D eigenvalue weighted by atomic mass is 9.83. The van der Waals surface area contributed by atoms with E-state index < -0.39 is 0 Å². The molecule has 0 fully saturated rings. The number of anilines is 1. The summed E-state index contributed by atoms with van der Waals surface area (Å²) >= 11 is 0. The molecule has 1 aromatic rings. The molecule has 2 heteroatoms. The van der Waals surface area contributed by atoms with E-state index in [1.807, 2.05) is 0 Å². The Morgan fingerprint density at radius 3 is 2.94 bits per heavy atom. The molecule has 1 atom stereocenters. The first-order valence-corrected chi connectivity index (χ1v) is 6.05. The van der Waals surface area contributed by atoms with E-state index in [-0.39, 0.29) is 5.41 Å². The van der Waals surface area contributed by atoms with Gasteiger partial charge >= 0.3 is 0 Å². The number of fused-ring (bicyclic) bond motifs is 3. The number of ether oxygens (including phenoxy) is 1. The van der Waals surface area contributed by atoms with Crippen LogP contribution in [0.3, 0.4) is 0 Å². The normalized spacial score (nSPS) is 24.6. The van der Waals surface area contributed by atoms with Crippen LogP contribution in [0.5, 0.6) is 5.75 Å². The van der Waals surface area contributed by atoms with Gasteiger partial charge in [0, 0.05) is 34.7 Å². The van der Waals surface area contributed by atoms with Gasteiger partial charge in [0.15, 0.2) is 0 Å². The molecule has 86 valence electrons. The van der Waals surface area contributed by atoms with Gasteiger partial charge in [-0.05, 0) is 18.6 Å². The van der Waals surface area contributed by atoms with E-state index in [9.17, 15) is 0 Å². The maximum Gasteiger partial charge on any atom is 0.128 e. The zero-order valence-electron chi connectivity index (χ0n) is 10.5. The van der Waals surface area contributed by atoms with Gasteiger partial charge in [-0.2, -0.15) is 0 Å². The van der Waals surface area contributed by atoms with E-state index in [1.54, 1.807) is 0 Å². The van der Waals surface area contributed by atoms with Crippen molar-refractivity contribution in [2.75, 3.05) is 18.5 Å². The average Bonchev–Trinajstić information content (AvgIpc) is 2.70. The van der Waals surface area contributed by atoms with Crippen LogP contribution >= 0.6 is 0 Å². The first kappa shape index (κ1) is 10.0. The molecule has 0 amide bonds. The van der Waals surface area contributed by atoms with E-state index in [2.05, 4.69) is 39.1 Å². The zero-order valence-corrected chi connectivity index (χ0v) is 10.5. The van der Waals surface area contributed by atoms with Crippen molar-refractivity contribution in [3.8, 4) is 5.75 Å². The zero-order chi connectivity index (χ0) is 11.5. The van der Waals surface area contributed by atoms with Crippen LogP contribution in [0.4, 0.5) is 5.69 Å². The van der Waals surface area contributed by atoms with Crippen molar-refractivity contribution in [3.63, 3.8) is 0 Å². The number of hydrogen-bond acceptors (Lipinski definition) is 2. The Balaban J connectivity index is 2.30. The van der Waals surface area contributed by atoms with Gasteiger partial charge in [0.25, 0.3) is 0 Å². The Morgan fingerprint density at radius 2 is 2.19 bits per heavy atom. The molecule has 0 aliphatic carbocycles. The molecule has 2 aliphatic rings. The average molecular weight is 217 g/mol. The molecular weight excluding hydrogens is 198 g/mol. The molecule has 3 rings (SSSR count). The molecule has 0 spiro atoms. The maximum atomic E-state index is 5.90. The SMILES string of the molecule is Cc1cc2c(c3c1NCC3(C)C)OCC2C. The Labute approximate surface area is 97.0 Å². The second kappa shape index (κ2) is 2.93. The third kappa shape index (κ3) is 1.13. The molecule has 0 radical (unpaired) electrons. The molecule has 2 heterocycles. The molecule has 2 nitrogen and oxygen atoms in total. The minimum atomic E-state index is 0.190. The Bertz CT molecular complexity index is 462. The topological polar surface area (TPSA) is 21.3 Å². The summed E-state index contributed by atoms with van der Waals surface area (Å²) in [5.41, 5.74) is 5.64. The van der Waals surface area contributed by atoms with Crippen LogP contribution in [0.2, 0.25) is 0 Å². The quantitative estimate of drug-likeness (QED) is 0.720. The van der Waals surface area contributed by atoms with Gasteiger partial charge < -0.3 is 10.1 Å². The van der Waals surface area contributed by atoms with E-state index in [1.165, 1.54) is 22.4 Å². The third-order valence-electron chi connectivity index (χ3n) is 3.90. The lowest BCUT2D eigenvalue weighted by molar-refractivity contribution is 0.330. The van der Waals surface area contributed by atoms with E-state index in [0.717, 1.165) is 18.9 Å². The standard InChI is InChI=1S/C14H19NO/c1-8-5-10-9(2)6-16-13(10)11-12(8)15-7-14(11,3)4/h5,9,15H,6-7H2,1-4H3. The number of hydrogen-bond donors (Lipinski definition) is 1. The summed E-state index contributed by atoms with van der Waals surface area (Å²) in [5.74, 6) is 1.69. The van der Waals surface area contributed by atoms with Gasteiger partial charge in [-0.1, -0.05) is 20.8 Å². The molecule has 1 aromatic carbocycles. The Morgan fingerprint density at radius 1 is 1.44 bits per heavy atom. The Hall–Kier alpha value is -1.18. The van der Waals surface area contributed by atoms with Gasteiger partial charge in [0.2, 0.25) is 0 Å². The van der Waals surface area contributed by atoms with Crippen LogP contribution < -0.4 is 10.1 Å². The molecule has 0 aromatic heterocycles. The van der Waals surface area contributed by atoms with Crippen molar-refractivity contribution in [1.29, 1.82) is 0 Å². The van der Waals surface area contributed by atoms with Crippen molar-refractivity contribution in [1.82, 2.24) is 0 Å². The second-order valence-electron chi connectivity index (χ2n) is 5.81. The summed E-state index contributed by atoms with van der Waals surface area (Å²) in [6, 6.07) is 2.29. The fourth-order valence-electron chi connectivity index (χ4n) is 2.92. The van der Waals surface area contributed by atoms with Crippen LogP contribution in [0.1, 0.15) is 43.4 Å². The molecule has 2 aliphatic heterocycles. The number of rotatable bonds is 0. The summed E-state index contributed by atoms with van der Waals surface area (Å²) < 4.78 is 5.90. The summed E-state index contributed by atoms with van der Waals surface area (Å²) in [6.45, 7) is 10.9. The summed E-state index contributed by atoms with van der Waals surface area (Å²) in [7, 11) is 0. The van der Waals surface area contributed by atoms with Crippen LogP contribution in [-0.4, -0.2) is 13.2 Å². The Kier molecular flexibility index (Phi) is 1.84. The first-order chi connectivity index (χ1) is 7.50. The van der Waals surface area contributed by atoms with Crippen molar-refractivity contribution in [3.05, 3.63) is 22.8 Å². The van der Waals surface area contributed by atoms with Crippen molar-refractivity contribution in [2.24, 2.45) is 0 Å². The highest BCUT2D eigenvalue weighted by Crippen LogP contribution is 2.50. The summed E-state index contributed by atoms with van der Waals surface area (Å²) in [4.78, 5) is 0. The summed E-state index contributed by atoms with van der Waals surface area (Å²) in [5, 5.41) is 3.52. The number of aryl methyl sites for hydroxylation is 1. The fraction of sp³-hybridized carbons (Fsp3) is 0.571. The first-order valence-electron chi connectivity index (χ1n) is 6.05. The van der Waals surface area contributed by atoms with Crippen molar-refractivity contribution < 1.29 is 4.74 Å². The van der Waals surface area contributed by atoms with Gasteiger partial charge in [-0.15, -0.1) is 0 Å². The van der Waals surface area contributed by atoms with Crippen LogP contribution in [0.15, 0.2) is 6.07 Å². The molecule has 16 heavy (non-hydrogen) atoms. The monoisotopic (exact) mass is 217 g/mol. The minimum absolute atomic E-state index is 0.190. The van der Waals surface area contributed by atoms with E-state index >= 15 is 0 Å². The van der Waals surface area contributed by atoms with Gasteiger partial charge in [-0.3, -0.25) is 0 Å². The highest BCUT2D eigenvalue weighted by Gasteiger charge is 2.38. The molecule has 0 saturated heterocycles. The van der Waals surface area contributed by atoms with E-state index in [0.29, 0.717) is 5.92 Å². The van der Waals surface area contributed by atoms with Gasteiger partial charge in [0.1, 0.15) is 5.75 Å². The lowest BCUT2D eigenvalue weighted by Gasteiger charge is -2.20. The molecular formula is C14H19NO. The molecule has 1 N–H and O–H groups in total. The van der Waals surface area contributed by atoms with Gasteiger partial charge in [-0.25, -0.2) is 0 Å². The second-order valence-corrected chi connectivity index (χ2v) is 5.81. The maximum absolute atomic E-state index is 5.90. The summed E-state index contributed by atoms with van der Waals surface area (Å²) in [6.07, 6.45) is 0. The molecule has 1 unspecified atom stereocenters. The highest BCUT2D eigenvalue weighted by molar-refractivity contribution is 5.72. The van der Waals surface area contributed by atoms with Crippen molar-refractivity contribution >= 4 is 5.69 Å². The molecule has 0 saturated carbocycles. The smallest absolute Gasteiger partial charge is 0.128 e. The van der Waals surface area contributed by atoms with Crippen molar-refractivity contribution in [2.45, 2.75) is 39.0 Å². The van der Waals surface area contributed by atoms with E-state index in [4.69, 9.17) is 4.74 Å². The fourth-order valence-corrected chi connectivity index (χ4v) is 2.92.